The van der Waals surface area contributed by atoms with Crippen molar-refractivity contribution in [3.8, 4) is 0 Å². The van der Waals surface area contributed by atoms with Crippen molar-refractivity contribution in [2.75, 3.05) is 18.0 Å². The van der Waals surface area contributed by atoms with Crippen LogP contribution in [0.4, 0.5) is 9.52 Å². The summed E-state index contributed by atoms with van der Waals surface area (Å²) in [4.78, 5) is 6.53. The van der Waals surface area contributed by atoms with Crippen LogP contribution in [-0.2, 0) is 6.42 Å². The van der Waals surface area contributed by atoms with Gasteiger partial charge in [0, 0.05) is 11.9 Å². The molecule has 2 rings (SSSR count). The van der Waals surface area contributed by atoms with Crippen molar-refractivity contribution in [3.05, 3.63) is 11.1 Å². The van der Waals surface area contributed by atoms with Crippen LogP contribution in [0.3, 0.4) is 0 Å². The van der Waals surface area contributed by atoms with Gasteiger partial charge in [-0.2, -0.15) is 0 Å². The fourth-order valence-corrected chi connectivity index (χ4v) is 2.65. The number of aryl methyl sites for hydroxylation is 1. The predicted molar refractivity (Wildman–Crippen MR) is 57.8 cm³/mol. The van der Waals surface area contributed by atoms with Gasteiger partial charge >= 0.3 is 0 Å². The van der Waals surface area contributed by atoms with Crippen molar-refractivity contribution >= 4 is 16.5 Å². The molecule has 1 aromatic heterocycles. The molecule has 14 heavy (non-hydrogen) atoms. The molecule has 0 bridgehead atoms. The van der Waals surface area contributed by atoms with Gasteiger partial charge in [-0.25, -0.2) is 9.37 Å². The molecule has 1 aromatic rings. The third-order valence-corrected chi connectivity index (χ3v) is 3.49. The Morgan fingerprint density at radius 3 is 3.21 bits per heavy atom. The lowest BCUT2D eigenvalue weighted by atomic mass is 10.1. The van der Waals surface area contributed by atoms with Crippen LogP contribution in [0.15, 0.2) is 5.38 Å². The summed E-state index contributed by atoms with van der Waals surface area (Å²) in [5.74, 6) is 0. The van der Waals surface area contributed by atoms with E-state index in [0.717, 1.165) is 30.2 Å². The average molecular weight is 214 g/mol. The summed E-state index contributed by atoms with van der Waals surface area (Å²) in [5, 5.41) is 3.06. The molecule has 1 saturated heterocycles. The molecule has 1 fully saturated rings. The van der Waals surface area contributed by atoms with Crippen LogP contribution in [0.1, 0.15) is 25.5 Å². The minimum atomic E-state index is -0.669. The Kier molecular flexibility index (Phi) is 3.01. The Hall–Kier alpha value is -0.640. The van der Waals surface area contributed by atoms with Crippen molar-refractivity contribution in [1.82, 2.24) is 4.98 Å². The van der Waals surface area contributed by atoms with E-state index in [-0.39, 0.29) is 0 Å². The minimum Gasteiger partial charge on any atom is -0.345 e. The molecule has 4 heteroatoms. The SMILES string of the molecule is CCc1csc(N2CCCC(F)C2)n1. The molecule has 0 spiro atoms. The van der Waals surface area contributed by atoms with Crippen molar-refractivity contribution in [2.45, 2.75) is 32.4 Å². The number of nitrogens with zero attached hydrogens (tertiary/aromatic N) is 2. The number of hydrogen-bond donors (Lipinski definition) is 0. The molecule has 0 saturated carbocycles. The zero-order valence-corrected chi connectivity index (χ0v) is 9.19. The van der Waals surface area contributed by atoms with Gasteiger partial charge in [0.15, 0.2) is 5.13 Å². The van der Waals surface area contributed by atoms with Crippen molar-refractivity contribution in [2.24, 2.45) is 0 Å². The van der Waals surface area contributed by atoms with Gasteiger partial charge in [0.1, 0.15) is 6.17 Å². The molecule has 0 aromatic carbocycles. The van der Waals surface area contributed by atoms with E-state index in [0.29, 0.717) is 13.0 Å². The highest BCUT2D eigenvalue weighted by molar-refractivity contribution is 7.13. The highest BCUT2D eigenvalue weighted by atomic mass is 32.1. The van der Waals surface area contributed by atoms with E-state index in [1.807, 2.05) is 0 Å². The first-order chi connectivity index (χ1) is 6.79. The molecule has 2 heterocycles. The summed E-state index contributed by atoms with van der Waals surface area (Å²) in [6, 6.07) is 0. The predicted octanol–water partition coefficient (Wildman–Crippen LogP) is 2.64. The highest BCUT2D eigenvalue weighted by Gasteiger charge is 2.21. The van der Waals surface area contributed by atoms with E-state index in [1.165, 1.54) is 0 Å². The van der Waals surface area contributed by atoms with Crippen LogP contribution >= 0.6 is 11.3 Å². The zero-order chi connectivity index (χ0) is 9.97. The van der Waals surface area contributed by atoms with Gasteiger partial charge in [-0.3, -0.25) is 0 Å². The lowest BCUT2D eigenvalue weighted by molar-refractivity contribution is 0.286. The van der Waals surface area contributed by atoms with E-state index >= 15 is 0 Å². The number of thiazole rings is 1. The molecular weight excluding hydrogens is 199 g/mol. The largest absolute Gasteiger partial charge is 0.345 e. The number of hydrogen-bond acceptors (Lipinski definition) is 3. The van der Waals surface area contributed by atoms with E-state index in [2.05, 4.69) is 22.2 Å². The number of aromatic nitrogens is 1. The number of rotatable bonds is 2. The van der Waals surface area contributed by atoms with E-state index in [1.54, 1.807) is 11.3 Å². The summed E-state index contributed by atoms with van der Waals surface area (Å²) in [7, 11) is 0. The van der Waals surface area contributed by atoms with Gasteiger partial charge in [-0.15, -0.1) is 11.3 Å². The summed E-state index contributed by atoms with van der Waals surface area (Å²) in [6.07, 6.45) is 1.95. The first kappa shape index (κ1) is 9.90. The molecule has 1 aliphatic rings. The summed E-state index contributed by atoms with van der Waals surface area (Å²) < 4.78 is 13.1. The van der Waals surface area contributed by atoms with Crippen LogP contribution in [0.25, 0.3) is 0 Å². The van der Waals surface area contributed by atoms with Crippen LogP contribution in [0.2, 0.25) is 0 Å². The third-order valence-electron chi connectivity index (χ3n) is 2.54. The van der Waals surface area contributed by atoms with Crippen molar-refractivity contribution in [3.63, 3.8) is 0 Å². The van der Waals surface area contributed by atoms with Crippen molar-refractivity contribution in [1.29, 1.82) is 0 Å². The second-order valence-corrected chi connectivity index (χ2v) is 4.50. The third kappa shape index (κ3) is 2.05. The molecule has 0 N–H and O–H groups in total. The Labute approximate surface area is 87.8 Å². The normalized spacial score (nSPS) is 22.7. The van der Waals surface area contributed by atoms with Gasteiger partial charge in [0.2, 0.25) is 0 Å². The fourth-order valence-electron chi connectivity index (χ4n) is 1.70. The van der Waals surface area contributed by atoms with Crippen LogP contribution < -0.4 is 4.90 Å². The van der Waals surface area contributed by atoms with E-state index in [4.69, 9.17) is 0 Å². The number of halogens is 1. The Morgan fingerprint density at radius 2 is 2.57 bits per heavy atom. The summed E-state index contributed by atoms with van der Waals surface area (Å²) in [6.45, 7) is 3.57. The maximum atomic E-state index is 13.1. The number of piperidine rings is 1. The van der Waals surface area contributed by atoms with Gasteiger partial charge in [-0.1, -0.05) is 6.92 Å². The standard InChI is InChI=1S/C10H15FN2S/c1-2-9-7-14-10(12-9)13-5-3-4-8(11)6-13/h7-8H,2-6H2,1H3. The first-order valence-corrected chi connectivity index (χ1v) is 6.01. The summed E-state index contributed by atoms with van der Waals surface area (Å²) >= 11 is 1.63. The Bertz CT molecular complexity index is 300. The highest BCUT2D eigenvalue weighted by Crippen LogP contribution is 2.25. The summed E-state index contributed by atoms with van der Waals surface area (Å²) in [5.41, 5.74) is 1.12. The Balaban J connectivity index is 2.06. The van der Waals surface area contributed by atoms with Gasteiger partial charge < -0.3 is 4.90 Å². The second kappa shape index (κ2) is 4.26. The van der Waals surface area contributed by atoms with Gasteiger partial charge in [0.05, 0.1) is 12.2 Å². The number of alkyl halides is 1. The lowest BCUT2D eigenvalue weighted by Gasteiger charge is -2.28. The molecule has 1 unspecified atom stereocenters. The van der Waals surface area contributed by atoms with E-state index in [9.17, 15) is 4.39 Å². The molecular formula is C10H15FN2S. The van der Waals surface area contributed by atoms with Crippen LogP contribution in [0.5, 0.6) is 0 Å². The molecule has 1 atom stereocenters. The molecule has 2 nitrogen and oxygen atoms in total. The van der Waals surface area contributed by atoms with E-state index < -0.39 is 6.17 Å². The van der Waals surface area contributed by atoms with Crippen LogP contribution in [-0.4, -0.2) is 24.2 Å². The van der Waals surface area contributed by atoms with Gasteiger partial charge in [0.25, 0.3) is 0 Å². The first-order valence-electron chi connectivity index (χ1n) is 5.13. The zero-order valence-electron chi connectivity index (χ0n) is 8.37. The maximum Gasteiger partial charge on any atom is 0.185 e. The number of anilines is 1. The molecule has 78 valence electrons. The monoisotopic (exact) mass is 214 g/mol. The van der Waals surface area contributed by atoms with Crippen LogP contribution in [0, 0.1) is 0 Å². The lowest BCUT2D eigenvalue weighted by Crippen LogP contribution is -2.36. The Morgan fingerprint density at radius 1 is 1.71 bits per heavy atom. The maximum absolute atomic E-state index is 13.1. The molecule has 1 aliphatic heterocycles. The smallest absolute Gasteiger partial charge is 0.185 e. The average Bonchev–Trinajstić information content (AvgIpc) is 2.66. The second-order valence-electron chi connectivity index (χ2n) is 3.66. The minimum absolute atomic E-state index is 0.524. The quantitative estimate of drug-likeness (QED) is 0.752. The fraction of sp³-hybridized carbons (Fsp3) is 0.700. The van der Waals surface area contributed by atoms with Gasteiger partial charge in [-0.05, 0) is 19.3 Å². The molecule has 0 amide bonds. The molecule has 0 radical (unpaired) electrons. The topological polar surface area (TPSA) is 16.1 Å². The molecule has 0 aliphatic carbocycles. The van der Waals surface area contributed by atoms with Crippen molar-refractivity contribution < 1.29 is 4.39 Å².